The number of rotatable bonds is 7. The average molecular weight is 570 g/mol. The van der Waals surface area contributed by atoms with E-state index in [1.54, 1.807) is 40.1 Å². The van der Waals surface area contributed by atoms with Crippen LogP contribution in [0.3, 0.4) is 0 Å². The fourth-order valence-electron chi connectivity index (χ4n) is 5.73. The fraction of sp³-hybridized carbons (Fsp3) is 0.594. The summed E-state index contributed by atoms with van der Waals surface area (Å²) in [7, 11) is 3.15. The van der Waals surface area contributed by atoms with Gasteiger partial charge in [0.05, 0.1) is 20.3 Å². The first kappa shape index (κ1) is 32.2. The SMILES string of the molecule is COc1ccc(C(C)(C)C)cc1CN[C@H]1[C@H](C(C)(C)C)[C@@H](C(=O)O)N(C(=O)OC(C)(C)C)[C@H]1c1cccnc1OC. The minimum absolute atomic E-state index is 0.0736. The van der Waals surface area contributed by atoms with Crippen LogP contribution in [0.5, 0.6) is 11.6 Å². The molecular formula is C32H47N3O6. The third-order valence-corrected chi connectivity index (χ3v) is 7.51. The van der Waals surface area contributed by atoms with E-state index >= 15 is 0 Å². The molecule has 1 fully saturated rings. The van der Waals surface area contributed by atoms with Gasteiger partial charge in [-0.3, -0.25) is 4.90 Å². The molecule has 0 radical (unpaired) electrons. The Bertz CT molecular complexity index is 1240. The molecule has 2 N–H and O–H groups in total. The molecule has 1 aliphatic rings. The lowest BCUT2D eigenvalue weighted by atomic mass is 9.72. The monoisotopic (exact) mass is 569 g/mol. The Kier molecular flexibility index (Phi) is 9.33. The molecule has 0 unspecified atom stereocenters. The number of hydrogen-bond acceptors (Lipinski definition) is 7. The molecule has 1 aliphatic heterocycles. The summed E-state index contributed by atoms with van der Waals surface area (Å²) in [6, 6.07) is 7.32. The van der Waals surface area contributed by atoms with Crippen molar-refractivity contribution in [2.24, 2.45) is 11.3 Å². The number of nitrogens with zero attached hydrogens (tertiary/aromatic N) is 2. The maximum absolute atomic E-state index is 13.8. The van der Waals surface area contributed by atoms with Crippen molar-refractivity contribution in [1.82, 2.24) is 15.2 Å². The topological polar surface area (TPSA) is 110 Å². The fourth-order valence-corrected chi connectivity index (χ4v) is 5.73. The lowest BCUT2D eigenvalue weighted by Crippen LogP contribution is -2.49. The Balaban J connectivity index is 2.22. The highest BCUT2D eigenvalue weighted by Crippen LogP contribution is 2.50. The Labute approximate surface area is 244 Å². The van der Waals surface area contributed by atoms with Crippen LogP contribution >= 0.6 is 0 Å². The van der Waals surface area contributed by atoms with Crippen molar-refractivity contribution in [2.75, 3.05) is 14.2 Å². The molecular weight excluding hydrogens is 522 g/mol. The van der Waals surface area contributed by atoms with E-state index in [9.17, 15) is 14.7 Å². The second-order valence-corrected chi connectivity index (χ2v) is 13.8. The third kappa shape index (κ3) is 7.12. The summed E-state index contributed by atoms with van der Waals surface area (Å²) in [4.78, 5) is 32.6. The molecule has 3 rings (SSSR count). The van der Waals surface area contributed by atoms with Gasteiger partial charge in [0.1, 0.15) is 17.4 Å². The van der Waals surface area contributed by atoms with Gasteiger partial charge in [-0.2, -0.15) is 0 Å². The van der Waals surface area contributed by atoms with Crippen molar-refractivity contribution in [3.05, 3.63) is 53.2 Å². The minimum atomic E-state index is -1.17. The number of carboxylic acid groups (broad SMARTS) is 1. The van der Waals surface area contributed by atoms with Gasteiger partial charge in [0.2, 0.25) is 5.88 Å². The first-order chi connectivity index (χ1) is 18.9. The van der Waals surface area contributed by atoms with E-state index in [1.165, 1.54) is 12.0 Å². The van der Waals surface area contributed by atoms with Gasteiger partial charge in [-0.15, -0.1) is 0 Å². The quantitative estimate of drug-likeness (QED) is 0.420. The van der Waals surface area contributed by atoms with E-state index in [-0.39, 0.29) is 5.41 Å². The molecule has 4 atom stereocenters. The highest BCUT2D eigenvalue weighted by Gasteiger charge is 2.59. The number of likely N-dealkylation sites (tertiary alicyclic amines) is 1. The van der Waals surface area contributed by atoms with Crippen LogP contribution in [-0.4, -0.2) is 59.0 Å². The molecule has 2 heterocycles. The van der Waals surface area contributed by atoms with Gasteiger partial charge in [0.25, 0.3) is 0 Å². The van der Waals surface area contributed by atoms with Gasteiger partial charge in [0.15, 0.2) is 0 Å². The highest BCUT2D eigenvalue weighted by atomic mass is 16.6. The van der Waals surface area contributed by atoms with Crippen LogP contribution in [0.25, 0.3) is 0 Å². The number of carboxylic acids is 1. The Hall–Kier alpha value is -3.33. The molecule has 0 spiro atoms. The third-order valence-electron chi connectivity index (χ3n) is 7.51. The summed E-state index contributed by atoms with van der Waals surface area (Å²) in [5, 5.41) is 14.3. The number of benzene rings is 1. The number of ether oxygens (including phenoxy) is 3. The second kappa shape index (κ2) is 11.9. The molecule has 9 nitrogen and oxygen atoms in total. The van der Waals surface area contributed by atoms with Crippen LogP contribution < -0.4 is 14.8 Å². The van der Waals surface area contributed by atoms with Gasteiger partial charge in [-0.05, 0) is 55.4 Å². The molecule has 0 saturated carbocycles. The highest BCUT2D eigenvalue weighted by molar-refractivity contribution is 5.82. The molecule has 0 bridgehead atoms. The van der Waals surface area contributed by atoms with Gasteiger partial charge in [0, 0.05) is 35.8 Å². The lowest BCUT2D eigenvalue weighted by molar-refractivity contribution is -0.145. The summed E-state index contributed by atoms with van der Waals surface area (Å²) in [6.45, 7) is 18.1. The van der Waals surface area contributed by atoms with E-state index in [0.29, 0.717) is 18.0 Å². The number of hydrogen-bond donors (Lipinski definition) is 2. The van der Waals surface area contributed by atoms with E-state index in [0.717, 1.165) is 16.9 Å². The van der Waals surface area contributed by atoms with Gasteiger partial charge < -0.3 is 24.6 Å². The summed E-state index contributed by atoms with van der Waals surface area (Å²) in [5.74, 6) is -0.548. The van der Waals surface area contributed by atoms with E-state index in [4.69, 9.17) is 14.2 Å². The summed E-state index contributed by atoms with van der Waals surface area (Å²) < 4.78 is 17.1. The van der Waals surface area contributed by atoms with Gasteiger partial charge in [-0.1, -0.05) is 53.7 Å². The number of pyridine rings is 1. The largest absolute Gasteiger partial charge is 0.496 e. The van der Waals surface area contributed by atoms with Crippen LogP contribution in [0.1, 0.15) is 85.0 Å². The zero-order valence-corrected chi connectivity index (χ0v) is 26.4. The van der Waals surface area contributed by atoms with Crippen molar-refractivity contribution in [3.8, 4) is 11.6 Å². The molecule has 1 amide bonds. The molecule has 0 aliphatic carbocycles. The van der Waals surface area contributed by atoms with Crippen LogP contribution in [0, 0.1) is 11.3 Å². The zero-order chi connectivity index (χ0) is 30.9. The Morgan fingerprint density at radius 1 is 1.00 bits per heavy atom. The number of carbonyl (C=O) groups is 2. The summed E-state index contributed by atoms with van der Waals surface area (Å²) in [6.07, 6.45) is 0.905. The van der Waals surface area contributed by atoms with E-state index in [1.807, 2.05) is 32.9 Å². The van der Waals surface area contributed by atoms with Crippen LogP contribution in [0.2, 0.25) is 0 Å². The maximum Gasteiger partial charge on any atom is 0.411 e. The number of aromatic nitrogens is 1. The summed E-state index contributed by atoms with van der Waals surface area (Å²) >= 11 is 0. The lowest BCUT2D eigenvalue weighted by Gasteiger charge is -2.35. The predicted molar refractivity (Wildman–Crippen MR) is 158 cm³/mol. The van der Waals surface area contributed by atoms with E-state index in [2.05, 4.69) is 43.2 Å². The average Bonchev–Trinajstić information content (AvgIpc) is 3.21. The number of methoxy groups -OCH3 is 2. The molecule has 226 valence electrons. The Morgan fingerprint density at radius 2 is 1.66 bits per heavy atom. The molecule has 9 heteroatoms. The van der Waals surface area contributed by atoms with Crippen LogP contribution in [0.4, 0.5) is 4.79 Å². The molecule has 1 saturated heterocycles. The smallest absolute Gasteiger partial charge is 0.411 e. The van der Waals surface area contributed by atoms with E-state index < -0.39 is 47.1 Å². The number of amides is 1. The van der Waals surface area contributed by atoms with Crippen molar-refractivity contribution >= 4 is 12.1 Å². The Morgan fingerprint density at radius 3 is 2.17 bits per heavy atom. The number of nitrogens with one attached hydrogen (secondary N) is 1. The first-order valence-corrected chi connectivity index (χ1v) is 14.0. The van der Waals surface area contributed by atoms with Crippen LogP contribution in [0.15, 0.2) is 36.5 Å². The normalized spacial score (nSPS) is 21.5. The molecule has 1 aromatic heterocycles. The molecule has 1 aromatic carbocycles. The summed E-state index contributed by atoms with van der Waals surface area (Å²) in [5.41, 5.74) is 1.28. The maximum atomic E-state index is 13.8. The number of carbonyl (C=O) groups excluding carboxylic acids is 1. The minimum Gasteiger partial charge on any atom is -0.496 e. The van der Waals surface area contributed by atoms with Gasteiger partial charge >= 0.3 is 12.1 Å². The zero-order valence-electron chi connectivity index (χ0n) is 26.4. The van der Waals surface area contributed by atoms with Crippen LogP contribution in [-0.2, 0) is 21.5 Å². The van der Waals surface area contributed by atoms with Crippen molar-refractivity contribution in [2.45, 2.75) is 98.0 Å². The van der Waals surface area contributed by atoms with Crippen molar-refractivity contribution in [1.29, 1.82) is 0 Å². The molecule has 41 heavy (non-hydrogen) atoms. The molecule has 2 aromatic rings. The van der Waals surface area contributed by atoms with Crippen molar-refractivity contribution in [3.63, 3.8) is 0 Å². The number of aliphatic carboxylic acids is 1. The first-order valence-electron chi connectivity index (χ1n) is 14.0. The standard InChI is InChI=1S/C32H47N3O6/c1-30(2,3)20-14-15-22(39-10)19(17-20)18-34-24-23(31(4,5)6)26(28(36)37)35(29(38)41-32(7,8)9)25(24)21-13-12-16-33-27(21)40-11/h12-17,23-26,34H,18H2,1-11H3,(H,36,37)/t23-,24-,25-,26-/m0/s1. The predicted octanol–water partition coefficient (Wildman–Crippen LogP) is 5.96. The second-order valence-electron chi connectivity index (χ2n) is 13.8. The van der Waals surface area contributed by atoms with Gasteiger partial charge in [-0.25, -0.2) is 14.6 Å². The van der Waals surface area contributed by atoms with Crippen molar-refractivity contribution < 1.29 is 28.9 Å².